The first-order valence-corrected chi connectivity index (χ1v) is 16.6. The van der Waals surface area contributed by atoms with Crippen LogP contribution in [0.5, 0.6) is 0 Å². The Morgan fingerprint density at radius 1 is 0.462 bits per heavy atom. The van der Waals surface area contributed by atoms with Crippen LogP contribution < -0.4 is 0 Å². The van der Waals surface area contributed by atoms with E-state index in [0.29, 0.717) is 5.41 Å². The molecule has 0 spiro atoms. The van der Waals surface area contributed by atoms with Crippen molar-refractivity contribution >= 4 is 97.6 Å². The van der Waals surface area contributed by atoms with Gasteiger partial charge in [-0.2, -0.15) is 97.6 Å². The average molecular weight is 511 g/mol. The van der Waals surface area contributed by atoms with Gasteiger partial charge in [0.1, 0.15) is 0 Å². The Labute approximate surface area is 202 Å². The van der Waals surface area contributed by atoms with Crippen molar-refractivity contribution in [1.29, 1.82) is 0 Å². The minimum Gasteiger partial charge on any atom is -0.179 e. The molecule has 8 heteroatoms. The van der Waals surface area contributed by atoms with Crippen LogP contribution >= 0.6 is 97.6 Å². The minimum absolute atomic E-state index is 0.470. The van der Waals surface area contributed by atoms with Crippen LogP contribution in [0.2, 0.25) is 0 Å². The Kier molecular flexibility index (Phi) is 24.9. The summed E-state index contributed by atoms with van der Waals surface area (Å²) >= 11 is 26.0. The molecule has 0 heterocycles. The molecule has 0 rings (SSSR count). The first-order valence-electron chi connectivity index (χ1n) is 9.49. The minimum atomic E-state index is 0.470. The molecular weight excluding hydrogens is 473 g/mol. The highest BCUT2D eigenvalue weighted by Gasteiger charge is 2.29. The summed E-state index contributed by atoms with van der Waals surface area (Å²) in [6.07, 6.45) is 6.24. The van der Waals surface area contributed by atoms with Crippen molar-refractivity contribution in [2.75, 3.05) is 69.0 Å². The second-order valence-corrected chi connectivity index (χ2v) is 12.7. The van der Waals surface area contributed by atoms with Gasteiger partial charge in [0.15, 0.2) is 0 Å². The van der Waals surface area contributed by atoms with Gasteiger partial charge in [-0.25, -0.2) is 0 Å². The van der Waals surface area contributed by atoms with Gasteiger partial charge in [-0.1, -0.05) is 0 Å². The zero-order valence-corrected chi connectivity index (χ0v) is 22.8. The smallest absolute Gasteiger partial charge is 0.000533 e. The molecule has 0 aliphatic heterocycles. The molecule has 0 aliphatic rings. The lowest BCUT2D eigenvalue weighted by Gasteiger charge is -2.33. The second-order valence-electron chi connectivity index (χ2n) is 6.33. The van der Waals surface area contributed by atoms with E-state index < -0.39 is 0 Å². The number of hydrogen-bond acceptors (Lipinski definition) is 8. The largest absolute Gasteiger partial charge is 0.179 e. The molecule has 0 saturated heterocycles. The topological polar surface area (TPSA) is 0 Å². The first-order chi connectivity index (χ1) is 12.7. The lowest BCUT2D eigenvalue weighted by atomic mass is 9.92. The van der Waals surface area contributed by atoms with Crippen LogP contribution in [0.15, 0.2) is 0 Å². The van der Waals surface area contributed by atoms with Gasteiger partial charge in [0.25, 0.3) is 0 Å². The van der Waals surface area contributed by atoms with Crippen LogP contribution in [0.4, 0.5) is 0 Å². The van der Waals surface area contributed by atoms with Gasteiger partial charge in [-0.15, -0.1) is 0 Å². The normalized spacial score (nSPS) is 12.0. The van der Waals surface area contributed by atoms with Crippen molar-refractivity contribution in [2.45, 2.75) is 32.1 Å². The van der Waals surface area contributed by atoms with E-state index in [1.807, 2.05) is 0 Å². The van der Waals surface area contributed by atoms with Gasteiger partial charge in [-0.05, 0) is 89.3 Å². The van der Waals surface area contributed by atoms with Gasteiger partial charge in [-0.3, -0.25) is 0 Å². The molecule has 0 N–H and O–H groups in total. The summed E-state index contributed by atoms with van der Waals surface area (Å²) in [7, 11) is 0. The Hall–Kier alpha value is 2.80. The van der Waals surface area contributed by atoms with Crippen molar-refractivity contribution in [3.8, 4) is 0 Å². The van der Waals surface area contributed by atoms with Crippen LogP contribution in [0.25, 0.3) is 0 Å². The summed E-state index contributed by atoms with van der Waals surface area (Å²) < 4.78 is 0. The fourth-order valence-corrected chi connectivity index (χ4v) is 9.09. The molecular formula is C18H38S8. The highest BCUT2D eigenvalue weighted by molar-refractivity contribution is 8.01. The van der Waals surface area contributed by atoms with Crippen molar-refractivity contribution in [1.82, 2.24) is 0 Å². The number of thioether (sulfide) groups is 4. The monoisotopic (exact) mass is 510 g/mol. The lowest BCUT2D eigenvalue weighted by Crippen LogP contribution is -2.32. The van der Waals surface area contributed by atoms with Crippen molar-refractivity contribution in [3.05, 3.63) is 0 Å². The van der Waals surface area contributed by atoms with Crippen LogP contribution in [0.3, 0.4) is 0 Å². The maximum absolute atomic E-state index is 4.37. The quantitative estimate of drug-likeness (QED) is 0.102. The van der Waals surface area contributed by atoms with Crippen molar-refractivity contribution < 1.29 is 0 Å². The van der Waals surface area contributed by atoms with Gasteiger partial charge in [0.2, 0.25) is 0 Å². The highest BCUT2D eigenvalue weighted by atomic mass is 32.2. The fraction of sp³-hybridized carbons (Fsp3) is 1.00. The lowest BCUT2D eigenvalue weighted by molar-refractivity contribution is 0.432. The van der Waals surface area contributed by atoms with Crippen LogP contribution in [-0.4, -0.2) is 69.0 Å². The van der Waals surface area contributed by atoms with E-state index in [-0.39, 0.29) is 0 Å². The van der Waals surface area contributed by atoms with E-state index >= 15 is 0 Å². The van der Waals surface area contributed by atoms with Crippen LogP contribution in [0.1, 0.15) is 32.1 Å². The number of hydrogen-bond donors (Lipinski definition) is 4. The molecule has 0 unspecified atom stereocenters. The van der Waals surface area contributed by atoms with E-state index in [1.165, 1.54) is 78.1 Å². The molecule has 0 aromatic carbocycles. The summed E-state index contributed by atoms with van der Waals surface area (Å²) in [6, 6.07) is 0. The molecule has 0 nitrogen and oxygen atoms in total. The van der Waals surface area contributed by atoms with E-state index in [9.17, 15) is 0 Å². The Balaban J connectivity index is 4.63. The third-order valence-electron chi connectivity index (χ3n) is 3.79. The maximum Gasteiger partial charge on any atom is 0.000533 e. The van der Waals surface area contributed by atoms with E-state index in [2.05, 4.69) is 97.6 Å². The zero-order chi connectivity index (χ0) is 19.3. The van der Waals surface area contributed by atoms with Crippen molar-refractivity contribution in [2.24, 2.45) is 5.41 Å². The molecule has 0 saturated carbocycles. The van der Waals surface area contributed by atoms with E-state index in [1.54, 1.807) is 0 Å². The van der Waals surface area contributed by atoms with E-state index in [0.717, 1.165) is 23.0 Å². The summed E-state index contributed by atoms with van der Waals surface area (Å²) in [5.74, 6) is 14.2. The molecule has 0 fully saturated rings. The Morgan fingerprint density at radius 3 is 1.15 bits per heavy atom. The second kappa shape index (κ2) is 22.5. The SMILES string of the molecule is SCCCSCCC(CSCCCS)(CSCCCS)CSCCCS. The predicted octanol–water partition coefficient (Wildman–Crippen LogP) is 6.58. The van der Waals surface area contributed by atoms with E-state index in [4.69, 9.17) is 0 Å². The fourth-order valence-electron chi connectivity index (χ4n) is 2.26. The Bertz CT molecular complexity index is 247. The number of rotatable bonds is 21. The highest BCUT2D eigenvalue weighted by Crippen LogP contribution is 2.37. The summed E-state index contributed by atoms with van der Waals surface area (Å²) in [5.41, 5.74) is 0.470. The predicted molar refractivity (Wildman–Crippen MR) is 150 cm³/mol. The van der Waals surface area contributed by atoms with Crippen molar-refractivity contribution in [3.63, 3.8) is 0 Å². The number of thiol groups is 4. The zero-order valence-electron chi connectivity index (χ0n) is 15.9. The molecule has 0 radical (unpaired) electrons. The van der Waals surface area contributed by atoms with Crippen LogP contribution in [-0.2, 0) is 0 Å². The maximum atomic E-state index is 4.37. The Morgan fingerprint density at radius 2 is 0.808 bits per heavy atom. The van der Waals surface area contributed by atoms with Gasteiger partial charge in [0.05, 0.1) is 0 Å². The summed E-state index contributed by atoms with van der Waals surface area (Å²) in [6.45, 7) is 0. The third kappa shape index (κ3) is 17.6. The molecule has 0 aromatic rings. The molecule has 0 aliphatic carbocycles. The summed E-state index contributed by atoms with van der Waals surface area (Å²) in [5, 5.41) is 0. The first kappa shape index (κ1) is 28.8. The molecule has 26 heavy (non-hydrogen) atoms. The summed E-state index contributed by atoms with van der Waals surface area (Å²) in [4.78, 5) is 0. The van der Waals surface area contributed by atoms with Gasteiger partial charge in [0, 0.05) is 17.3 Å². The molecule has 158 valence electrons. The molecule has 0 aromatic heterocycles. The van der Waals surface area contributed by atoms with Gasteiger partial charge >= 0.3 is 0 Å². The van der Waals surface area contributed by atoms with Crippen LogP contribution in [0, 0.1) is 5.41 Å². The average Bonchev–Trinajstić information content (AvgIpc) is 2.65. The van der Waals surface area contributed by atoms with Gasteiger partial charge < -0.3 is 0 Å². The molecule has 0 amide bonds. The molecule has 0 atom stereocenters. The molecule has 0 bridgehead atoms. The third-order valence-corrected chi connectivity index (χ3v) is 10.3. The standard InChI is InChI=1S/C18H38S8/c19-6-1-10-23-14-5-18(15-24-11-2-7-20,16-25-12-3-8-21)17-26-13-4-9-22/h19-22H,1-17H2.